The van der Waals surface area contributed by atoms with E-state index >= 15 is 0 Å². The summed E-state index contributed by atoms with van der Waals surface area (Å²) in [5, 5.41) is 22.1. The van der Waals surface area contributed by atoms with Crippen molar-refractivity contribution < 1.29 is 19.4 Å². The lowest BCUT2D eigenvalue weighted by molar-refractivity contribution is -0.139. The molecule has 2 N–H and O–H groups in total. The van der Waals surface area contributed by atoms with E-state index in [0.717, 1.165) is 16.8 Å². The molecule has 0 unspecified atom stereocenters. The smallest absolute Gasteiger partial charge is 0.341 e. The second kappa shape index (κ2) is 11.8. The van der Waals surface area contributed by atoms with Gasteiger partial charge in [-0.15, -0.1) is 10.2 Å². The van der Waals surface area contributed by atoms with Gasteiger partial charge in [-0.2, -0.15) is 5.10 Å². The molecule has 0 aliphatic heterocycles. The third-order valence-electron chi connectivity index (χ3n) is 4.95. The molecular weight excluding hydrogens is 478 g/mol. The zero-order valence-corrected chi connectivity index (χ0v) is 20.2. The van der Waals surface area contributed by atoms with Crippen molar-refractivity contribution in [1.82, 2.24) is 20.2 Å². The van der Waals surface area contributed by atoms with Gasteiger partial charge in [-0.1, -0.05) is 71.9 Å². The van der Waals surface area contributed by atoms with Gasteiger partial charge in [0.05, 0.1) is 12.0 Å². The van der Waals surface area contributed by atoms with E-state index in [2.05, 4.69) is 20.7 Å². The summed E-state index contributed by atoms with van der Waals surface area (Å²) >= 11 is 1.24. The molecule has 10 heteroatoms. The van der Waals surface area contributed by atoms with Gasteiger partial charge in [-0.25, -0.2) is 10.2 Å². The number of carbonyl (C=O) groups excluding carboxylic acids is 1. The maximum atomic E-state index is 12.5. The predicted molar refractivity (Wildman–Crippen MR) is 138 cm³/mol. The summed E-state index contributed by atoms with van der Waals surface area (Å²) in [6.07, 6.45) is 1.40. The van der Waals surface area contributed by atoms with Gasteiger partial charge < -0.3 is 9.84 Å². The number of nitrogens with one attached hydrogen (secondary N) is 1. The molecular formula is C26H23N5O4S. The molecule has 0 radical (unpaired) electrons. The Morgan fingerprint density at radius 3 is 2.50 bits per heavy atom. The molecule has 9 nitrogen and oxygen atoms in total. The largest absolute Gasteiger partial charge is 0.481 e. The fraction of sp³-hybridized carbons (Fsp3) is 0.115. The van der Waals surface area contributed by atoms with Crippen molar-refractivity contribution in [2.45, 2.75) is 12.1 Å². The first-order valence-electron chi connectivity index (χ1n) is 11.0. The molecule has 3 aromatic carbocycles. The number of rotatable bonds is 10. The van der Waals surface area contributed by atoms with Crippen molar-refractivity contribution in [1.29, 1.82) is 0 Å². The number of thioether (sulfide) groups is 1. The van der Waals surface area contributed by atoms with Gasteiger partial charge in [0, 0.05) is 16.8 Å². The summed E-state index contributed by atoms with van der Waals surface area (Å²) in [7, 11) is 0. The number of para-hydroxylation sites is 2. The maximum Gasteiger partial charge on any atom is 0.341 e. The van der Waals surface area contributed by atoms with Crippen molar-refractivity contribution in [2.75, 3.05) is 12.4 Å². The summed E-state index contributed by atoms with van der Waals surface area (Å²) in [5.74, 6) is -0.319. The Morgan fingerprint density at radius 2 is 1.75 bits per heavy atom. The molecule has 0 fully saturated rings. The maximum absolute atomic E-state index is 12.5. The molecule has 0 aliphatic rings. The van der Waals surface area contributed by atoms with Gasteiger partial charge >= 0.3 is 5.97 Å². The minimum absolute atomic E-state index is 0.0629. The van der Waals surface area contributed by atoms with E-state index in [0.29, 0.717) is 22.3 Å². The Morgan fingerprint density at radius 1 is 1.03 bits per heavy atom. The highest BCUT2D eigenvalue weighted by Crippen LogP contribution is 2.28. The number of aromatic nitrogens is 3. The second-order valence-corrected chi connectivity index (χ2v) is 8.59. The van der Waals surface area contributed by atoms with Crippen LogP contribution in [0.1, 0.15) is 11.1 Å². The minimum Gasteiger partial charge on any atom is -0.481 e. The van der Waals surface area contributed by atoms with Crippen LogP contribution in [0.2, 0.25) is 0 Å². The Labute approximate surface area is 211 Å². The minimum atomic E-state index is -1.08. The van der Waals surface area contributed by atoms with Crippen LogP contribution in [0.25, 0.3) is 17.1 Å². The third-order valence-corrected chi connectivity index (χ3v) is 5.88. The lowest BCUT2D eigenvalue weighted by Crippen LogP contribution is -2.20. The molecule has 0 bridgehead atoms. The summed E-state index contributed by atoms with van der Waals surface area (Å²) in [4.78, 5) is 23.2. The zero-order chi connectivity index (χ0) is 25.3. The fourth-order valence-electron chi connectivity index (χ4n) is 3.26. The first-order chi connectivity index (χ1) is 17.5. The van der Waals surface area contributed by atoms with Crippen LogP contribution in [0.5, 0.6) is 5.75 Å². The van der Waals surface area contributed by atoms with Crippen LogP contribution in [0, 0.1) is 6.92 Å². The molecule has 1 amide bonds. The monoisotopic (exact) mass is 501 g/mol. The van der Waals surface area contributed by atoms with Gasteiger partial charge in [0.15, 0.2) is 17.6 Å². The van der Waals surface area contributed by atoms with Gasteiger partial charge in [0.1, 0.15) is 5.75 Å². The van der Waals surface area contributed by atoms with Crippen molar-refractivity contribution in [3.63, 3.8) is 0 Å². The van der Waals surface area contributed by atoms with E-state index in [1.807, 2.05) is 66.1 Å². The molecule has 4 rings (SSSR count). The fourth-order valence-corrected chi connectivity index (χ4v) is 4.00. The van der Waals surface area contributed by atoms with E-state index in [4.69, 9.17) is 9.84 Å². The van der Waals surface area contributed by atoms with Crippen LogP contribution in [0.3, 0.4) is 0 Å². The van der Waals surface area contributed by atoms with Crippen molar-refractivity contribution in [3.05, 3.63) is 90.0 Å². The zero-order valence-electron chi connectivity index (χ0n) is 19.4. The number of carbonyl (C=O) groups is 2. The standard InChI is InChI=1S/C26H23N5O4S/c1-18-11-13-19(14-12-18)25-29-30-26(31(25)21-8-3-2-4-9-21)36-17-23(32)28-27-15-20-7-5-6-10-22(20)35-16-24(33)34/h2-15H,16-17H2,1H3,(H,28,32)(H,33,34)/b27-15+. The molecule has 0 spiro atoms. The molecule has 0 atom stereocenters. The van der Waals surface area contributed by atoms with Crippen LogP contribution in [0.15, 0.2) is 89.1 Å². The molecule has 36 heavy (non-hydrogen) atoms. The third kappa shape index (κ3) is 6.36. The van der Waals surface area contributed by atoms with Crippen molar-refractivity contribution in [2.24, 2.45) is 5.10 Å². The van der Waals surface area contributed by atoms with Gasteiger partial charge in [-0.3, -0.25) is 9.36 Å². The Bertz CT molecular complexity index is 1370. The number of benzene rings is 3. The number of hydrogen-bond donors (Lipinski definition) is 2. The quantitative estimate of drug-likeness (QED) is 0.192. The average Bonchev–Trinajstić information content (AvgIpc) is 3.32. The SMILES string of the molecule is Cc1ccc(-c2nnc(SCC(=O)N/N=C/c3ccccc3OCC(=O)O)n2-c2ccccc2)cc1. The molecule has 0 aliphatic carbocycles. The first kappa shape index (κ1) is 24.7. The summed E-state index contributed by atoms with van der Waals surface area (Å²) in [5.41, 5.74) is 5.97. The van der Waals surface area contributed by atoms with Crippen molar-refractivity contribution in [3.8, 4) is 22.8 Å². The van der Waals surface area contributed by atoms with Crippen LogP contribution in [0.4, 0.5) is 0 Å². The normalized spacial score (nSPS) is 10.9. The number of carboxylic acid groups (broad SMARTS) is 1. The summed E-state index contributed by atoms with van der Waals surface area (Å²) in [6, 6.07) is 24.5. The van der Waals surface area contributed by atoms with E-state index in [1.54, 1.807) is 24.3 Å². The number of hydrazone groups is 1. The van der Waals surface area contributed by atoms with Crippen molar-refractivity contribution >= 4 is 29.9 Å². The lowest BCUT2D eigenvalue weighted by Gasteiger charge is -2.10. The molecule has 182 valence electrons. The van der Waals surface area contributed by atoms with E-state index < -0.39 is 12.6 Å². The number of ether oxygens (including phenoxy) is 1. The highest BCUT2D eigenvalue weighted by atomic mass is 32.2. The molecule has 0 saturated carbocycles. The number of aliphatic carboxylic acids is 1. The van der Waals surface area contributed by atoms with Gasteiger partial charge in [0.2, 0.25) is 0 Å². The van der Waals surface area contributed by atoms with Gasteiger partial charge in [-0.05, 0) is 31.2 Å². The highest BCUT2D eigenvalue weighted by Gasteiger charge is 2.17. The lowest BCUT2D eigenvalue weighted by atomic mass is 10.1. The molecule has 1 heterocycles. The number of nitrogens with zero attached hydrogens (tertiary/aromatic N) is 4. The Hall–Kier alpha value is -4.44. The number of carboxylic acids is 1. The molecule has 1 aromatic heterocycles. The number of hydrogen-bond acceptors (Lipinski definition) is 7. The number of aryl methyl sites for hydroxylation is 1. The van der Waals surface area contributed by atoms with Gasteiger partial charge in [0.25, 0.3) is 5.91 Å². The van der Waals surface area contributed by atoms with E-state index in [9.17, 15) is 9.59 Å². The summed E-state index contributed by atoms with van der Waals surface area (Å²) < 4.78 is 7.15. The summed E-state index contributed by atoms with van der Waals surface area (Å²) in [6.45, 7) is 1.55. The highest BCUT2D eigenvalue weighted by molar-refractivity contribution is 7.99. The Kier molecular flexibility index (Phi) is 8.09. The van der Waals surface area contributed by atoms with Crippen LogP contribution >= 0.6 is 11.8 Å². The number of amides is 1. The molecule has 4 aromatic rings. The topological polar surface area (TPSA) is 119 Å². The van der Waals surface area contributed by atoms with Crippen LogP contribution < -0.4 is 10.2 Å². The van der Waals surface area contributed by atoms with E-state index in [-0.39, 0.29) is 11.7 Å². The molecule has 0 saturated heterocycles. The predicted octanol–water partition coefficient (Wildman–Crippen LogP) is 3.95. The average molecular weight is 502 g/mol. The van der Waals surface area contributed by atoms with Crippen LogP contribution in [-0.4, -0.2) is 50.3 Å². The second-order valence-electron chi connectivity index (χ2n) is 7.65. The van der Waals surface area contributed by atoms with Crippen LogP contribution in [-0.2, 0) is 9.59 Å². The van der Waals surface area contributed by atoms with E-state index in [1.165, 1.54) is 18.0 Å². The first-order valence-corrected chi connectivity index (χ1v) is 12.0. The Balaban J connectivity index is 1.45.